The number of fused-ring (bicyclic) bond motifs is 1. The molecule has 2 N–H and O–H groups in total. The minimum atomic E-state index is -1.47. The van der Waals surface area contributed by atoms with E-state index in [1.54, 1.807) is 0 Å². The molecule has 164 valence electrons. The highest BCUT2D eigenvalue weighted by molar-refractivity contribution is 6.01. The van der Waals surface area contributed by atoms with E-state index in [1.807, 2.05) is 0 Å². The Hall–Kier alpha value is -3.57. The average Bonchev–Trinajstić information content (AvgIpc) is 3.14. The third-order valence-electron chi connectivity index (χ3n) is 5.60. The molecule has 0 saturated carbocycles. The SMILES string of the molecule is COc1nc(N2C[C@H]3C(=O)N(C)C(=N)N[C@@]3(c3cc(F)ccc3F)C2)nc(OC)c1F. The van der Waals surface area contributed by atoms with Gasteiger partial charge >= 0.3 is 0 Å². The van der Waals surface area contributed by atoms with Crippen LogP contribution in [0.5, 0.6) is 11.8 Å². The van der Waals surface area contributed by atoms with Crippen molar-refractivity contribution in [3.8, 4) is 11.8 Å². The Morgan fingerprint density at radius 1 is 1.19 bits per heavy atom. The summed E-state index contributed by atoms with van der Waals surface area (Å²) < 4.78 is 53.0. The molecule has 2 saturated heterocycles. The van der Waals surface area contributed by atoms with Gasteiger partial charge in [-0.2, -0.15) is 14.4 Å². The average molecular weight is 436 g/mol. The third-order valence-corrected chi connectivity index (χ3v) is 5.60. The number of ether oxygens (including phenoxy) is 2. The molecule has 0 unspecified atom stereocenters. The van der Waals surface area contributed by atoms with Gasteiger partial charge in [0.05, 0.1) is 25.7 Å². The predicted molar refractivity (Wildman–Crippen MR) is 102 cm³/mol. The highest BCUT2D eigenvalue weighted by Gasteiger charge is 2.57. The van der Waals surface area contributed by atoms with E-state index in [0.717, 1.165) is 23.1 Å². The fourth-order valence-corrected chi connectivity index (χ4v) is 4.05. The van der Waals surface area contributed by atoms with Gasteiger partial charge in [0.15, 0.2) is 5.96 Å². The number of carbonyl (C=O) groups excluding carboxylic acids is 1. The van der Waals surface area contributed by atoms with Gasteiger partial charge in [0.25, 0.3) is 11.8 Å². The van der Waals surface area contributed by atoms with E-state index in [4.69, 9.17) is 14.9 Å². The van der Waals surface area contributed by atoms with Crippen molar-refractivity contribution in [2.24, 2.45) is 5.92 Å². The van der Waals surface area contributed by atoms with Crippen LogP contribution in [-0.2, 0) is 10.3 Å². The molecule has 2 atom stereocenters. The first-order chi connectivity index (χ1) is 14.7. The third kappa shape index (κ3) is 3.09. The van der Waals surface area contributed by atoms with Crippen molar-refractivity contribution >= 4 is 17.8 Å². The number of halogens is 3. The number of rotatable bonds is 4. The Balaban J connectivity index is 1.86. The first kappa shape index (κ1) is 20.7. The molecule has 0 spiro atoms. The Bertz CT molecular complexity index is 1060. The Morgan fingerprint density at radius 2 is 1.84 bits per heavy atom. The topological polar surface area (TPSA) is 104 Å². The molecular formula is C19H19F3N6O3. The maximum atomic E-state index is 14.8. The molecule has 1 aromatic carbocycles. The normalized spacial score (nSPS) is 23.0. The van der Waals surface area contributed by atoms with Crippen LogP contribution in [0.2, 0.25) is 0 Å². The van der Waals surface area contributed by atoms with Gasteiger partial charge in [0, 0.05) is 25.7 Å². The molecule has 0 aliphatic carbocycles. The predicted octanol–water partition coefficient (Wildman–Crippen LogP) is 1.24. The number of guanidine groups is 1. The van der Waals surface area contributed by atoms with Crippen LogP contribution >= 0.6 is 0 Å². The molecule has 2 aliphatic rings. The second-order valence-corrected chi connectivity index (χ2v) is 7.26. The number of amides is 1. The van der Waals surface area contributed by atoms with Crippen molar-refractivity contribution in [3.63, 3.8) is 0 Å². The van der Waals surface area contributed by atoms with E-state index in [2.05, 4.69) is 15.3 Å². The lowest BCUT2D eigenvalue weighted by molar-refractivity contribution is -0.134. The number of anilines is 1. The monoisotopic (exact) mass is 436 g/mol. The van der Waals surface area contributed by atoms with Crippen molar-refractivity contribution in [1.29, 1.82) is 5.41 Å². The summed E-state index contributed by atoms with van der Waals surface area (Å²) in [5.74, 6) is -4.72. The lowest BCUT2D eigenvalue weighted by Gasteiger charge is -2.43. The van der Waals surface area contributed by atoms with Gasteiger partial charge in [-0.15, -0.1) is 0 Å². The van der Waals surface area contributed by atoms with Crippen molar-refractivity contribution in [2.45, 2.75) is 5.54 Å². The molecule has 0 radical (unpaired) electrons. The van der Waals surface area contributed by atoms with Crippen LogP contribution in [0.15, 0.2) is 18.2 Å². The van der Waals surface area contributed by atoms with E-state index >= 15 is 0 Å². The summed E-state index contributed by atoms with van der Waals surface area (Å²) in [4.78, 5) is 23.7. The number of benzene rings is 1. The molecular weight excluding hydrogens is 417 g/mol. The van der Waals surface area contributed by atoms with E-state index in [9.17, 15) is 18.0 Å². The van der Waals surface area contributed by atoms with Crippen LogP contribution in [-0.4, -0.2) is 61.1 Å². The van der Waals surface area contributed by atoms with Crippen LogP contribution < -0.4 is 19.7 Å². The first-order valence-electron chi connectivity index (χ1n) is 9.22. The summed E-state index contributed by atoms with van der Waals surface area (Å²) in [6.07, 6.45) is 0. The molecule has 0 bridgehead atoms. The maximum Gasteiger partial charge on any atom is 0.259 e. The molecule has 2 fully saturated rings. The fourth-order valence-electron chi connectivity index (χ4n) is 4.05. The van der Waals surface area contributed by atoms with Crippen molar-refractivity contribution < 1.29 is 27.4 Å². The lowest BCUT2D eigenvalue weighted by Crippen LogP contribution is -2.65. The molecule has 1 amide bonds. The fraction of sp³-hybridized carbons (Fsp3) is 0.368. The summed E-state index contributed by atoms with van der Waals surface area (Å²) in [6.45, 7) is -0.102. The molecule has 12 heteroatoms. The Labute approximate surface area is 175 Å². The van der Waals surface area contributed by atoms with Gasteiger partial charge in [0.2, 0.25) is 17.7 Å². The Morgan fingerprint density at radius 3 is 2.45 bits per heavy atom. The molecule has 31 heavy (non-hydrogen) atoms. The van der Waals surface area contributed by atoms with Crippen LogP contribution in [0.25, 0.3) is 0 Å². The Kier molecular flexibility index (Phi) is 4.86. The first-order valence-corrected chi connectivity index (χ1v) is 9.22. The van der Waals surface area contributed by atoms with Gasteiger partial charge in [-0.3, -0.25) is 15.1 Å². The molecule has 1 aromatic heterocycles. The summed E-state index contributed by atoms with van der Waals surface area (Å²) in [6, 6.07) is 2.93. The molecule has 2 aromatic rings. The molecule has 4 rings (SSSR count). The van der Waals surface area contributed by atoms with Crippen LogP contribution in [0.1, 0.15) is 5.56 Å². The molecule has 9 nitrogen and oxygen atoms in total. The quantitative estimate of drug-likeness (QED) is 0.743. The number of hydrogen-bond donors (Lipinski definition) is 2. The number of nitrogens with one attached hydrogen (secondary N) is 2. The minimum Gasteiger partial charge on any atom is -0.479 e. The summed E-state index contributed by atoms with van der Waals surface area (Å²) in [7, 11) is 3.86. The van der Waals surface area contributed by atoms with E-state index < -0.39 is 34.8 Å². The van der Waals surface area contributed by atoms with E-state index in [0.29, 0.717) is 0 Å². The zero-order chi connectivity index (χ0) is 22.5. The maximum absolute atomic E-state index is 14.8. The summed E-state index contributed by atoms with van der Waals surface area (Å²) in [5, 5.41) is 11.0. The second-order valence-electron chi connectivity index (χ2n) is 7.26. The van der Waals surface area contributed by atoms with Crippen LogP contribution in [0.3, 0.4) is 0 Å². The van der Waals surface area contributed by atoms with Gasteiger partial charge in [-0.1, -0.05) is 0 Å². The smallest absolute Gasteiger partial charge is 0.259 e. The van der Waals surface area contributed by atoms with Crippen LogP contribution in [0, 0.1) is 28.8 Å². The summed E-state index contributed by atoms with van der Waals surface area (Å²) >= 11 is 0. The minimum absolute atomic E-state index is 0.00263. The van der Waals surface area contributed by atoms with Gasteiger partial charge in [-0.25, -0.2) is 8.78 Å². The highest BCUT2D eigenvalue weighted by Crippen LogP contribution is 2.43. The number of methoxy groups -OCH3 is 2. The number of hydrogen-bond acceptors (Lipinski definition) is 7. The van der Waals surface area contributed by atoms with Crippen molar-refractivity contribution in [2.75, 3.05) is 39.3 Å². The van der Waals surface area contributed by atoms with Gasteiger partial charge in [0.1, 0.15) is 11.6 Å². The van der Waals surface area contributed by atoms with Crippen molar-refractivity contribution in [3.05, 3.63) is 41.2 Å². The van der Waals surface area contributed by atoms with Crippen molar-refractivity contribution in [1.82, 2.24) is 20.2 Å². The lowest BCUT2D eigenvalue weighted by atomic mass is 9.78. The van der Waals surface area contributed by atoms with E-state index in [1.165, 1.54) is 26.2 Å². The van der Waals surface area contributed by atoms with Crippen LogP contribution in [0.4, 0.5) is 19.1 Å². The van der Waals surface area contributed by atoms with E-state index in [-0.39, 0.29) is 42.3 Å². The largest absolute Gasteiger partial charge is 0.479 e. The molecule has 3 heterocycles. The summed E-state index contributed by atoms with van der Waals surface area (Å²) in [5.41, 5.74) is -1.57. The standard InChI is InChI=1S/C19H19F3N6O3/c1-27-16(29)11-7-28(18-24-14(30-2)13(22)15(25-18)31-3)8-19(11,26-17(27)23)10-6-9(20)4-5-12(10)21/h4-6,11H,7-8H2,1-3H3,(H2,23,26)/t11-,19+/m0/s1. The molecule has 2 aliphatic heterocycles. The number of nitrogens with zero attached hydrogens (tertiary/aromatic N) is 4. The zero-order valence-corrected chi connectivity index (χ0v) is 16.9. The zero-order valence-electron chi connectivity index (χ0n) is 16.9. The highest BCUT2D eigenvalue weighted by atomic mass is 19.1. The van der Waals surface area contributed by atoms with Gasteiger partial charge < -0.3 is 19.7 Å². The second kappa shape index (κ2) is 7.29. The number of aromatic nitrogens is 2. The number of carbonyl (C=O) groups is 1. The van der Waals surface area contributed by atoms with Gasteiger partial charge in [-0.05, 0) is 18.2 Å².